The summed E-state index contributed by atoms with van der Waals surface area (Å²) in [5.41, 5.74) is 2.13. The lowest BCUT2D eigenvalue weighted by atomic mass is 10.0. The van der Waals surface area contributed by atoms with E-state index in [2.05, 4.69) is 23.3 Å². The third-order valence-corrected chi connectivity index (χ3v) is 3.82. The molecule has 3 nitrogen and oxygen atoms in total. The van der Waals surface area contributed by atoms with Gasteiger partial charge in [-0.25, -0.2) is 0 Å². The molecule has 0 aliphatic carbocycles. The van der Waals surface area contributed by atoms with Crippen molar-refractivity contribution in [3.05, 3.63) is 16.0 Å². The molecule has 2 heterocycles. The molecule has 0 radical (unpaired) electrons. The van der Waals surface area contributed by atoms with Gasteiger partial charge in [0.25, 0.3) is 0 Å². The number of anilines is 1. The number of nitrogens with one attached hydrogen (secondary N) is 1. The quantitative estimate of drug-likeness (QED) is 0.761. The summed E-state index contributed by atoms with van der Waals surface area (Å²) >= 11 is 1.72. The van der Waals surface area contributed by atoms with Gasteiger partial charge in [-0.3, -0.25) is 0 Å². The first kappa shape index (κ1) is 9.50. The summed E-state index contributed by atoms with van der Waals surface area (Å²) in [5, 5.41) is 13.2. The summed E-state index contributed by atoms with van der Waals surface area (Å²) in [6.07, 6.45) is 1.01. The van der Waals surface area contributed by atoms with Crippen LogP contribution in [0.4, 0.5) is 5.00 Å². The Morgan fingerprint density at radius 3 is 3.00 bits per heavy atom. The summed E-state index contributed by atoms with van der Waals surface area (Å²) in [4.78, 5) is 3.64. The second-order valence-corrected chi connectivity index (χ2v) is 4.66. The Kier molecular flexibility index (Phi) is 2.44. The Bertz CT molecular complexity index is 389. The molecule has 0 fully saturated rings. The van der Waals surface area contributed by atoms with Crippen LogP contribution in [-0.2, 0) is 13.0 Å². The third-order valence-electron chi connectivity index (χ3n) is 2.59. The van der Waals surface area contributed by atoms with Crippen LogP contribution in [0.5, 0.6) is 0 Å². The van der Waals surface area contributed by atoms with Gasteiger partial charge in [0.2, 0.25) is 0 Å². The van der Waals surface area contributed by atoms with Crippen molar-refractivity contribution in [1.29, 1.82) is 5.26 Å². The second-order valence-electron chi connectivity index (χ2n) is 3.56. The molecule has 1 aromatic rings. The molecule has 0 bridgehead atoms. The van der Waals surface area contributed by atoms with Crippen LogP contribution in [0.15, 0.2) is 0 Å². The molecule has 0 aromatic carbocycles. The van der Waals surface area contributed by atoms with E-state index in [4.69, 9.17) is 5.26 Å². The average Bonchev–Trinajstić information content (AvgIpc) is 2.54. The zero-order valence-corrected chi connectivity index (χ0v) is 9.24. The van der Waals surface area contributed by atoms with Crippen molar-refractivity contribution in [2.24, 2.45) is 0 Å². The number of nitriles is 1. The largest absolute Gasteiger partial charge is 0.379 e. The van der Waals surface area contributed by atoms with E-state index in [-0.39, 0.29) is 0 Å². The van der Waals surface area contributed by atoms with E-state index < -0.39 is 0 Å². The average molecular weight is 207 g/mol. The summed E-state index contributed by atoms with van der Waals surface area (Å²) in [6, 6.07) is 2.30. The molecule has 74 valence electrons. The second kappa shape index (κ2) is 3.60. The number of fused-ring (bicyclic) bond motifs is 1. The van der Waals surface area contributed by atoms with Crippen molar-refractivity contribution in [3.63, 3.8) is 0 Å². The highest BCUT2D eigenvalue weighted by Crippen LogP contribution is 2.35. The van der Waals surface area contributed by atoms with Gasteiger partial charge >= 0.3 is 0 Å². The molecular formula is C10H13N3S. The zero-order valence-electron chi connectivity index (χ0n) is 8.42. The molecule has 14 heavy (non-hydrogen) atoms. The van der Waals surface area contributed by atoms with Crippen LogP contribution in [0.2, 0.25) is 0 Å². The molecule has 0 saturated carbocycles. The monoisotopic (exact) mass is 207 g/mol. The van der Waals surface area contributed by atoms with Crippen molar-refractivity contribution in [2.75, 3.05) is 26.0 Å². The molecule has 0 atom stereocenters. The first-order valence-corrected chi connectivity index (χ1v) is 5.49. The van der Waals surface area contributed by atoms with Crippen LogP contribution in [0.25, 0.3) is 0 Å². The van der Waals surface area contributed by atoms with E-state index in [0.29, 0.717) is 0 Å². The van der Waals surface area contributed by atoms with Gasteiger partial charge in [0.05, 0.1) is 5.56 Å². The smallest absolute Gasteiger partial charge is 0.107 e. The molecular weight excluding hydrogens is 194 g/mol. The summed E-state index contributed by atoms with van der Waals surface area (Å²) in [5.74, 6) is 0. The molecule has 1 aromatic heterocycles. The normalized spacial score (nSPS) is 16.1. The Hall–Kier alpha value is -1.05. The minimum Gasteiger partial charge on any atom is -0.379 e. The van der Waals surface area contributed by atoms with Crippen molar-refractivity contribution in [1.82, 2.24) is 4.90 Å². The maximum atomic E-state index is 9.06. The van der Waals surface area contributed by atoms with Gasteiger partial charge in [-0.15, -0.1) is 11.3 Å². The third kappa shape index (κ3) is 1.39. The lowest BCUT2D eigenvalue weighted by Crippen LogP contribution is -2.25. The number of rotatable bonds is 1. The molecule has 0 saturated heterocycles. The van der Waals surface area contributed by atoms with Crippen molar-refractivity contribution < 1.29 is 0 Å². The molecule has 2 rings (SSSR count). The number of thiophene rings is 1. The van der Waals surface area contributed by atoms with E-state index in [9.17, 15) is 0 Å². The van der Waals surface area contributed by atoms with Gasteiger partial charge in [-0.05, 0) is 19.0 Å². The molecule has 1 N–H and O–H groups in total. The molecule has 4 heteroatoms. The first-order valence-electron chi connectivity index (χ1n) is 4.67. The lowest BCUT2D eigenvalue weighted by molar-refractivity contribution is 0.317. The number of nitrogens with zero attached hydrogens (tertiary/aromatic N) is 2. The number of likely N-dealkylation sites (N-methyl/N-ethyl adjacent to an activating group) is 1. The number of hydrogen-bond donors (Lipinski definition) is 1. The summed E-state index contributed by atoms with van der Waals surface area (Å²) in [6.45, 7) is 2.04. The highest BCUT2D eigenvalue weighted by molar-refractivity contribution is 7.16. The van der Waals surface area contributed by atoms with Crippen molar-refractivity contribution >= 4 is 16.3 Å². The topological polar surface area (TPSA) is 39.1 Å². The molecule has 1 aliphatic rings. The molecule has 0 spiro atoms. The fourth-order valence-electron chi connectivity index (χ4n) is 1.83. The van der Waals surface area contributed by atoms with Crippen molar-refractivity contribution in [3.8, 4) is 6.07 Å². The minimum atomic E-state index is 0.862. The van der Waals surface area contributed by atoms with E-state index >= 15 is 0 Å². The fraction of sp³-hybridized carbons (Fsp3) is 0.500. The van der Waals surface area contributed by atoms with Crippen LogP contribution >= 0.6 is 11.3 Å². The maximum absolute atomic E-state index is 9.06. The molecule has 1 aliphatic heterocycles. The predicted molar refractivity (Wildman–Crippen MR) is 58.6 cm³/mol. The van der Waals surface area contributed by atoms with Gasteiger partial charge in [0.1, 0.15) is 11.1 Å². The van der Waals surface area contributed by atoms with Gasteiger partial charge in [0.15, 0.2) is 0 Å². The lowest BCUT2D eigenvalue weighted by Gasteiger charge is -2.21. The van der Waals surface area contributed by atoms with E-state index in [0.717, 1.165) is 30.1 Å². The highest BCUT2D eigenvalue weighted by atomic mass is 32.1. The highest BCUT2D eigenvalue weighted by Gasteiger charge is 2.21. The Morgan fingerprint density at radius 1 is 1.57 bits per heavy atom. The zero-order chi connectivity index (χ0) is 10.1. The Balaban J connectivity index is 2.47. The van der Waals surface area contributed by atoms with Gasteiger partial charge in [0, 0.05) is 25.0 Å². The van der Waals surface area contributed by atoms with E-state index in [1.165, 1.54) is 10.4 Å². The van der Waals surface area contributed by atoms with Crippen LogP contribution in [0.3, 0.4) is 0 Å². The Labute approximate surface area is 88.0 Å². The van der Waals surface area contributed by atoms with Crippen LogP contribution in [0.1, 0.15) is 16.0 Å². The van der Waals surface area contributed by atoms with Crippen LogP contribution in [0, 0.1) is 11.3 Å². The van der Waals surface area contributed by atoms with Crippen molar-refractivity contribution in [2.45, 2.75) is 13.0 Å². The van der Waals surface area contributed by atoms with E-state index in [1.54, 1.807) is 11.3 Å². The standard InChI is InChI=1S/C10H13N3S/c1-12-10-8(5-11)7-3-4-13(2)6-9(7)14-10/h12H,3-4,6H2,1-2H3. The maximum Gasteiger partial charge on any atom is 0.107 e. The number of hydrogen-bond acceptors (Lipinski definition) is 4. The van der Waals surface area contributed by atoms with Gasteiger partial charge in [-0.1, -0.05) is 0 Å². The molecule has 0 amide bonds. The summed E-state index contributed by atoms with van der Waals surface area (Å²) < 4.78 is 0. The van der Waals surface area contributed by atoms with E-state index in [1.807, 2.05) is 7.05 Å². The fourth-order valence-corrected chi connectivity index (χ4v) is 3.06. The minimum absolute atomic E-state index is 0.862. The Morgan fingerprint density at radius 2 is 2.36 bits per heavy atom. The predicted octanol–water partition coefficient (Wildman–Crippen LogP) is 1.65. The molecule has 0 unspecified atom stereocenters. The summed E-state index contributed by atoms with van der Waals surface area (Å²) in [7, 11) is 4.00. The SMILES string of the molecule is CNc1sc2c(c1C#N)CCN(C)C2. The van der Waals surface area contributed by atoms with Gasteiger partial charge < -0.3 is 10.2 Å². The first-order chi connectivity index (χ1) is 6.76. The van der Waals surface area contributed by atoms with Crippen LogP contribution < -0.4 is 5.32 Å². The van der Waals surface area contributed by atoms with Crippen LogP contribution in [-0.4, -0.2) is 25.5 Å². The van der Waals surface area contributed by atoms with Gasteiger partial charge in [-0.2, -0.15) is 5.26 Å².